The first-order chi connectivity index (χ1) is 13.7. The Bertz CT molecular complexity index is 1130. The molecule has 0 N–H and O–H groups in total. The summed E-state index contributed by atoms with van der Waals surface area (Å²) in [6, 6.07) is 8.76. The maximum absolute atomic E-state index is 12.6. The van der Waals surface area contributed by atoms with Crippen molar-refractivity contribution < 1.29 is 27.0 Å². The number of nitrogens with zero attached hydrogens (tertiary/aromatic N) is 1. The molecule has 2 aromatic carbocycles. The van der Waals surface area contributed by atoms with Gasteiger partial charge in [0.2, 0.25) is 0 Å². The van der Waals surface area contributed by atoms with E-state index in [1.54, 1.807) is 32.1 Å². The molecule has 0 atom stereocenters. The van der Waals surface area contributed by atoms with Gasteiger partial charge in [0.1, 0.15) is 4.90 Å². The molecule has 2 aromatic rings. The Hall–Kier alpha value is -2.36. The van der Waals surface area contributed by atoms with Crippen molar-refractivity contribution in [3.63, 3.8) is 0 Å². The van der Waals surface area contributed by atoms with E-state index in [1.807, 2.05) is 0 Å². The van der Waals surface area contributed by atoms with Crippen molar-refractivity contribution in [2.24, 2.45) is 5.16 Å². The summed E-state index contributed by atoms with van der Waals surface area (Å²) < 4.78 is 36.5. The van der Waals surface area contributed by atoms with Crippen molar-refractivity contribution in [3.8, 4) is 11.5 Å². The minimum Gasteiger partial charge on any atom is -0.490 e. The molecule has 0 radical (unpaired) electrons. The van der Waals surface area contributed by atoms with E-state index in [2.05, 4.69) is 25.9 Å². The van der Waals surface area contributed by atoms with Crippen molar-refractivity contribution in [2.45, 2.75) is 18.7 Å². The summed E-state index contributed by atoms with van der Waals surface area (Å²) in [7, 11) is -4.12. The van der Waals surface area contributed by atoms with Crippen molar-refractivity contribution in [3.05, 3.63) is 57.0 Å². The Morgan fingerprint density at radius 2 is 1.93 bits per heavy atom. The Labute approximate surface area is 181 Å². The van der Waals surface area contributed by atoms with E-state index in [4.69, 9.17) is 20.5 Å². The molecule has 1 aliphatic rings. The highest BCUT2D eigenvalue weighted by atomic mass is 79.9. The predicted octanol–water partition coefficient (Wildman–Crippen LogP) is 4.59. The van der Waals surface area contributed by atoms with Crippen LogP contribution in [-0.4, -0.2) is 26.7 Å². The summed E-state index contributed by atoms with van der Waals surface area (Å²) in [4.78, 5) is 16.3. The maximum Gasteiger partial charge on any atom is 0.367 e. The molecule has 152 valence electrons. The van der Waals surface area contributed by atoms with Crippen molar-refractivity contribution >= 4 is 55.4 Å². The van der Waals surface area contributed by atoms with Gasteiger partial charge in [-0.05, 0) is 77.8 Å². The Kier molecular flexibility index (Phi) is 6.30. The highest BCUT2D eigenvalue weighted by molar-refractivity contribution is 9.10. The number of hydrogen-bond acceptors (Lipinski definition) is 7. The molecule has 0 bridgehead atoms. The van der Waals surface area contributed by atoms with Crippen LogP contribution in [0.2, 0.25) is 5.02 Å². The Balaban J connectivity index is 2.01. The SMILES string of the molecule is CCOc1cc(/C=C2\C(=O)ON=C2C)cc(Br)c1OS(=O)(=O)c1ccc(Cl)cc1. The number of ether oxygens (including phenoxy) is 1. The second kappa shape index (κ2) is 8.56. The standard InChI is InChI=1S/C19H15BrClNO6S/c1-3-26-17-10-12(8-15-11(2)22-27-19(15)23)9-16(20)18(17)28-29(24,25)14-6-4-13(21)5-7-14/h4-10H,3H2,1-2H3/b15-8-. The smallest absolute Gasteiger partial charge is 0.367 e. The zero-order chi connectivity index (χ0) is 21.2. The van der Waals surface area contributed by atoms with Crippen LogP contribution in [0.4, 0.5) is 0 Å². The van der Waals surface area contributed by atoms with E-state index >= 15 is 0 Å². The zero-order valence-electron chi connectivity index (χ0n) is 15.3. The highest BCUT2D eigenvalue weighted by Gasteiger charge is 2.24. The number of carbonyl (C=O) groups excluding carboxylic acids is 1. The number of oxime groups is 1. The number of rotatable bonds is 6. The number of benzene rings is 2. The van der Waals surface area contributed by atoms with Crippen molar-refractivity contribution in [2.75, 3.05) is 6.61 Å². The first kappa shape index (κ1) is 21.4. The zero-order valence-corrected chi connectivity index (χ0v) is 18.5. The molecule has 0 fully saturated rings. The van der Waals surface area contributed by atoms with Crippen LogP contribution in [-0.2, 0) is 19.8 Å². The predicted molar refractivity (Wildman–Crippen MR) is 112 cm³/mol. The monoisotopic (exact) mass is 499 g/mol. The molecule has 0 unspecified atom stereocenters. The van der Waals surface area contributed by atoms with Crippen LogP contribution < -0.4 is 8.92 Å². The van der Waals surface area contributed by atoms with Crippen LogP contribution >= 0.6 is 27.5 Å². The fourth-order valence-electron chi connectivity index (χ4n) is 2.46. The van der Waals surface area contributed by atoms with Gasteiger partial charge in [-0.25, -0.2) is 4.79 Å². The summed E-state index contributed by atoms with van der Waals surface area (Å²) in [5.41, 5.74) is 1.30. The average molecular weight is 501 g/mol. The van der Waals surface area contributed by atoms with E-state index < -0.39 is 16.1 Å². The van der Waals surface area contributed by atoms with Crippen LogP contribution in [0.5, 0.6) is 11.5 Å². The van der Waals surface area contributed by atoms with Crippen LogP contribution in [0.3, 0.4) is 0 Å². The quantitative estimate of drug-likeness (QED) is 0.327. The molecule has 3 rings (SSSR count). The minimum absolute atomic E-state index is 0.0108. The van der Waals surface area contributed by atoms with Gasteiger partial charge in [0.05, 0.1) is 22.4 Å². The third-order valence-corrected chi connectivity index (χ3v) is 5.89. The summed E-state index contributed by atoms with van der Waals surface area (Å²) >= 11 is 9.13. The van der Waals surface area contributed by atoms with Crippen molar-refractivity contribution in [1.82, 2.24) is 0 Å². The summed E-state index contributed by atoms with van der Waals surface area (Å²) in [5, 5.41) is 4.03. The molecule has 0 aliphatic carbocycles. The second-order valence-corrected chi connectivity index (χ2v) is 8.70. The van der Waals surface area contributed by atoms with Crippen LogP contribution in [0.1, 0.15) is 19.4 Å². The van der Waals surface area contributed by atoms with E-state index in [9.17, 15) is 13.2 Å². The molecule has 29 heavy (non-hydrogen) atoms. The first-order valence-corrected chi connectivity index (χ1v) is 10.9. The molecule has 0 aromatic heterocycles. The number of halogens is 2. The first-order valence-electron chi connectivity index (χ1n) is 8.35. The minimum atomic E-state index is -4.12. The highest BCUT2D eigenvalue weighted by Crippen LogP contribution is 2.39. The van der Waals surface area contributed by atoms with E-state index in [-0.39, 0.29) is 23.0 Å². The van der Waals surface area contributed by atoms with Crippen LogP contribution in [0, 0.1) is 0 Å². The van der Waals surface area contributed by atoms with Gasteiger partial charge >= 0.3 is 16.1 Å². The lowest BCUT2D eigenvalue weighted by Gasteiger charge is -2.14. The van der Waals surface area contributed by atoms with Gasteiger partial charge in [0, 0.05) is 5.02 Å². The lowest BCUT2D eigenvalue weighted by atomic mass is 10.1. The number of carbonyl (C=O) groups is 1. The molecular formula is C19H15BrClNO6S. The molecule has 1 aliphatic heterocycles. The van der Waals surface area contributed by atoms with Gasteiger partial charge in [-0.2, -0.15) is 8.42 Å². The molecule has 0 saturated heterocycles. The largest absolute Gasteiger partial charge is 0.490 e. The fourth-order valence-corrected chi connectivity index (χ4v) is 4.19. The lowest BCUT2D eigenvalue weighted by molar-refractivity contribution is -0.136. The van der Waals surface area contributed by atoms with Gasteiger partial charge in [-0.3, -0.25) is 0 Å². The summed E-state index contributed by atoms with van der Waals surface area (Å²) in [5.74, 6) is -0.391. The Morgan fingerprint density at radius 3 is 2.52 bits per heavy atom. The molecule has 1 heterocycles. The van der Waals surface area contributed by atoms with Gasteiger partial charge in [0.25, 0.3) is 0 Å². The van der Waals surface area contributed by atoms with Gasteiger partial charge in [-0.15, -0.1) is 0 Å². The topological polar surface area (TPSA) is 91.3 Å². The van der Waals surface area contributed by atoms with Gasteiger partial charge in [-0.1, -0.05) is 16.8 Å². The van der Waals surface area contributed by atoms with Gasteiger partial charge < -0.3 is 13.8 Å². The third-order valence-electron chi connectivity index (χ3n) is 3.81. The summed E-state index contributed by atoms with van der Waals surface area (Å²) in [6.07, 6.45) is 1.57. The fraction of sp³-hybridized carbons (Fsp3) is 0.158. The Morgan fingerprint density at radius 1 is 1.24 bits per heavy atom. The molecule has 10 heteroatoms. The van der Waals surface area contributed by atoms with Crippen LogP contribution in [0.15, 0.2) is 56.5 Å². The van der Waals surface area contributed by atoms with E-state index in [0.29, 0.717) is 26.3 Å². The molecule has 7 nitrogen and oxygen atoms in total. The summed E-state index contributed by atoms with van der Waals surface area (Å²) in [6.45, 7) is 3.67. The van der Waals surface area contributed by atoms with Crippen molar-refractivity contribution in [1.29, 1.82) is 0 Å². The van der Waals surface area contributed by atoms with Crippen LogP contribution in [0.25, 0.3) is 6.08 Å². The average Bonchev–Trinajstić information content (AvgIpc) is 2.97. The molecular weight excluding hydrogens is 486 g/mol. The second-order valence-electron chi connectivity index (χ2n) is 5.87. The molecule has 0 amide bonds. The normalized spacial score (nSPS) is 15.2. The van der Waals surface area contributed by atoms with E-state index in [1.165, 1.54) is 24.3 Å². The van der Waals surface area contributed by atoms with Gasteiger partial charge in [0.15, 0.2) is 11.5 Å². The maximum atomic E-state index is 12.6. The third kappa shape index (κ3) is 4.80. The molecule has 0 saturated carbocycles. The van der Waals surface area contributed by atoms with E-state index in [0.717, 1.165) is 0 Å². The number of hydrogen-bond donors (Lipinski definition) is 0. The lowest BCUT2D eigenvalue weighted by Crippen LogP contribution is -2.11. The molecule has 0 spiro atoms.